The molecule has 210 valence electrons. The molecule has 3 aromatic carbocycles. The fourth-order valence-corrected chi connectivity index (χ4v) is 5.98. The van der Waals surface area contributed by atoms with Crippen molar-refractivity contribution in [3.63, 3.8) is 0 Å². The second-order valence-corrected chi connectivity index (χ2v) is 10.4. The van der Waals surface area contributed by atoms with Crippen LogP contribution in [0.2, 0.25) is 0 Å². The molecule has 40 heavy (non-hydrogen) atoms. The Morgan fingerprint density at radius 1 is 0.800 bits per heavy atom. The van der Waals surface area contributed by atoms with E-state index in [2.05, 4.69) is 91.6 Å². The normalized spacial score (nSPS) is 21.2. The van der Waals surface area contributed by atoms with Gasteiger partial charge in [0.05, 0.1) is 0 Å². The monoisotopic (exact) mass is 551 g/mol. The first kappa shape index (κ1) is 31.3. The van der Waals surface area contributed by atoms with Gasteiger partial charge in [-0.05, 0) is 48.6 Å². The molecule has 0 saturated carbocycles. The quantitative estimate of drug-likeness (QED) is 0.298. The molecule has 0 aliphatic heterocycles. The third-order valence-electron chi connectivity index (χ3n) is 7.75. The topological polar surface area (TPSA) is 23.5 Å². The van der Waals surface area contributed by atoms with Crippen molar-refractivity contribution < 1.29 is 5.11 Å². The van der Waals surface area contributed by atoms with Gasteiger partial charge in [0.15, 0.2) is 0 Å². The average Bonchev–Trinajstić information content (AvgIpc) is 3.02. The number of para-hydroxylation sites is 2. The molecule has 0 saturated heterocycles. The lowest BCUT2D eigenvalue weighted by atomic mass is 9.58. The highest BCUT2D eigenvalue weighted by atomic mass is 32.1. The van der Waals surface area contributed by atoms with Crippen LogP contribution < -0.4 is 4.90 Å². The number of allylic oxidation sites excluding steroid dienone is 4. The van der Waals surface area contributed by atoms with Crippen LogP contribution in [-0.2, 0) is 5.60 Å². The minimum absolute atomic E-state index is 0.0876. The van der Waals surface area contributed by atoms with Crippen molar-refractivity contribution in [2.24, 2.45) is 11.3 Å². The molecular formula is C37H45NOS. The minimum Gasteiger partial charge on any atom is -0.379 e. The Morgan fingerprint density at radius 2 is 1.30 bits per heavy atom. The highest BCUT2D eigenvalue weighted by Gasteiger charge is 2.53. The Hall–Kier alpha value is -3.27. The van der Waals surface area contributed by atoms with Crippen LogP contribution in [0.4, 0.5) is 11.4 Å². The summed E-state index contributed by atoms with van der Waals surface area (Å²) in [5, 5.41) is 13.1. The van der Waals surface area contributed by atoms with Gasteiger partial charge in [0.25, 0.3) is 0 Å². The van der Waals surface area contributed by atoms with Gasteiger partial charge in [-0.2, -0.15) is 0 Å². The lowest BCUT2D eigenvalue weighted by Gasteiger charge is -2.50. The van der Waals surface area contributed by atoms with Crippen LogP contribution in [0.25, 0.3) is 0 Å². The van der Waals surface area contributed by atoms with Gasteiger partial charge >= 0.3 is 0 Å². The van der Waals surface area contributed by atoms with Gasteiger partial charge in [-0.15, -0.1) is 12.6 Å². The maximum absolute atomic E-state index is 13.1. The van der Waals surface area contributed by atoms with Crippen molar-refractivity contribution in [3.05, 3.63) is 143 Å². The SMILES string of the molecule is CC.CC.CC1C=CC(S)=CC1(C)C(O)(C1=C(N(c2ccccc2)c2ccccc2)CCC=C1)c1ccccc1. The van der Waals surface area contributed by atoms with Crippen molar-refractivity contribution in [3.8, 4) is 0 Å². The first-order valence-electron chi connectivity index (χ1n) is 14.6. The summed E-state index contributed by atoms with van der Waals surface area (Å²) >= 11 is 4.72. The van der Waals surface area contributed by atoms with E-state index in [1.807, 2.05) is 76.2 Å². The summed E-state index contributed by atoms with van der Waals surface area (Å²) in [4.78, 5) is 3.18. The van der Waals surface area contributed by atoms with Crippen LogP contribution >= 0.6 is 12.6 Å². The van der Waals surface area contributed by atoms with Gasteiger partial charge in [0.2, 0.25) is 0 Å². The fourth-order valence-electron chi connectivity index (χ4n) is 5.63. The largest absolute Gasteiger partial charge is 0.379 e. The summed E-state index contributed by atoms with van der Waals surface area (Å²) < 4.78 is 0. The number of hydrogen-bond acceptors (Lipinski definition) is 3. The minimum atomic E-state index is -1.29. The Bertz CT molecular complexity index is 1290. The first-order chi connectivity index (χ1) is 19.4. The van der Waals surface area contributed by atoms with E-state index in [-0.39, 0.29) is 5.92 Å². The van der Waals surface area contributed by atoms with Gasteiger partial charge in [0, 0.05) is 33.0 Å². The molecule has 3 atom stereocenters. The summed E-state index contributed by atoms with van der Waals surface area (Å²) in [5.41, 5.74) is 3.16. The van der Waals surface area contributed by atoms with Crippen molar-refractivity contribution in [1.29, 1.82) is 0 Å². The fraction of sp³-hybridized carbons (Fsp3) is 0.297. The number of thiol groups is 1. The summed E-state index contributed by atoms with van der Waals surface area (Å²) in [6.07, 6.45) is 12.4. The molecule has 0 spiro atoms. The molecule has 3 aromatic rings. The molecule has 3 heteroatoms. The van der Waals surface area contributed by atoms with Crippen LogP contribution in [0.5, 0.6) is 0 Å². The average molecular weight is 552 g/mol. The first-order valence-corrected chi connectivity index (χ1v) is 15.1. The van der Waals surface area contributed by atoms with Gasteiger partial charge in [-0.1, -0.05) is 139 Å². The Morgan fingerprint density at radius 3 is 1.82 bits per heavy atom. The van der Waals surface area contributed by atoms with Crippen LogP contribution in [0.3, 0.4) is 0 Å². The molecule has 2 aliphatic rings. The Kier molecular flexibility index (Phi) is 11.2. The molecule has 0 fully saturated rings. The molecule has 0 bridgehead atoms. The van der Waals surface area contributed by atoms with Crippen LogP contribution in [0.15, 0.2) is 138 Å². The summed E-state index contributed by atoms with van der Waals surface area (Å²) in [5.74, 6) is 0.0876. The Balaban J connectivity index is 0.00000106. The second-order valence-electron chi connectivity index (χ2n) is 9.88. The van der Waals surface area contributed by atoms with E-state index in [1.165, 1.54) is 0 Å². The van der Waals surface area contributed by atoms with E-state index < -0.39 is 11.0 Å². The predicted octanol–water partition coefficient (Wildman–Crippen LogP) is 10.4. The molecule has 0 radical (unpaired) electrons. The lowest BCUT2D eigenvalue weighted by Crippen LogP contribution is -2.49. The second kappa shape index (κ2) is 14.4. The standard InChI is InChI=1S/C33H33NOS.2C2H6/c1-25-22-23-29(36)24-32(25,2)33(35,26-14-6-3-7-15-26)30-20-12-13-21-31(30)34(27-16-8-4-9-17-27)28-18-10-5-11-19-28;2*1-2/h3-12,14-20,22-25,35-36H,13,21H2,1-2H3;2*1-2H3. The molecule has 5 rings (SSSR count). The van der Waals surface area contributed by atoms with E-state index >= 15 is 0 Å². The van der Waals surface area contributed by atoms with Crippen LogP contribution in [0.1, 0.15) is 59.9 Å². The van der Waals surface area contributed by atoms with Gasteiger partial charge < -0.3 is 10.0 Å². The van der Waals surface area contributed by atoms with E-state index in [4.69, 9.17) is 12.6 Å². The summed E-state index contributed by atoms with van der Waals surface area (Å²) in [6, 6.07) is 31.0. The van der Waals surface area contributed by atoms with Gasteiger partial charge in [-0.3, -0.25) is 0 Å². The number of benzene rings is 3. The van der Waals surface area contributed by atoms with Crippen LogP contribution in [-0.4, -0.2) is 5.11 Å². The van der Waals surface area contributed by atoms with E-state index in [0.717, 1.165) is 46.0 Å². The third kappa shape index (κ3) is 6.06. The highest BCUT2D eigenvalue weighted by molar-refractivity contribution is 7.84. The number of anilines is 2. The zero-order valence-corrected chi connectivity index (χ0v) is 25.8. The number of rotatable bonds is 6. The number of nitrogens with zero attached hydrogens (tertiary/aromatic N) is 1. The van der Waals surface area contributed by atoms with E-state index in [9.17, 15) is 5.11 Å². The predicted molar refractivity (Wildman–Crippen MR) is 177 cm³/mol. The highest BCUT2D eigenvalue weighted by Crippen LogP contribution is 2.56. The molecular weight excluding hydrogens is 506 g/mol. The number of hydrogen-bond donors (Lipinski definition) is 2. The molecule has 0 amide bonds. The molecule has 1 N–H and O–H groups in total. The smallest absolute Gasteiger partial charge is 0.126 e. The maximum Gasteiger partial charge on any atom is 0.126 e. The number of aliphatic hydroxyl groups is 1. The van der Waals surface area contributed by atoms with E-state index in [1.54, 1.807) is 0 Å². The van der Waals surface area contributed by atoms with Crippen molar-refractivity contribution in [2.45, 2.75) is 60.0 Å². The molecule has 0 aromatic heterocycles. The zero-order valence-electron chi connectivity index (χ0n) is 24.9. The third-order valence-corrected chi connectivity index (χ3v) is 8.03. The van der Waals surface area contributed by atoms with Gasteiger partial charge in [0.1, 0.15) is 5.60 Å². The molecule has 3 unspecified atom stereocenters. The van der Waals surface area contributed by atoms with Crippen molar-refractivity contribution in [1.82, 2.24) is 0 Å². The lowest BCUT2D eigenvalue weighted by molar-refractivity contribution is -0.0408. The Labute approximate surface area is 247 Å². The summed E-state index contributed by atoms with van der Waals surface area (Å²) in [6.45, 7) is 12.3. The van der Waals surface area contributed by atoms with Gasteiger partial charge in [-0.25, -0.2) is 0 Å². The summed E-state index contributed by atoms with van der Waals surface area (Å²) in [7, 11) is 0. The van der Waals surface area contributed by atoms with Crippen molar-refractivity contribution >= 4 is 24.0 Å². The molecule has 2 nitrogen and oxygen atoms in total. The van der Waals surface area contributed by atoms with Crippen LogP contribution in [0, 0.1) is 11.3 Å². The zero-order chi connectivity index (χ0) is 29.2. The van der Waals surface area contributed by atoms with E-state index in [0.29, 0.717) is 0 Å². The molecule has 0 heterocycles. The molecule has 2 aliphatic carbocycles. The maximum atomic E-state index is 13.1. The van der Waals surface area contributed by atoms with Crippen molar-refractivity contribution in [2.75, 3.05) is 4.90 Å².